The third kappa shape index (κ3) is 3.82. The van der Waals surface area contributed by atoms with Crippen molar-refractivity contribution in [2.45, 2.75) is 26.8 Å². The first-order valence-electron chi connectivity index (χ1n) is 10.7. The van der Waals surface area contributed by atoms with Gasteiger partial charge in [0, 0.05) is 5.02 Å². The van der Waals surface area contributed by atoms with Crippen LogP contribution in [0.4, 0.5) is 0 Å². The van der Waals surface area contributed by atoms with Crippen molar-refractivity contribution in [3.05, 3.63) is 89.1 Å². The summed E-state index contributed by atoms with van der Waals surface area (Å²) < 4.78 is 18.3. The van der Waals surface area contributed by atoms with E-state index in [9.17, 15) is 9.59 Å². The monoisotopic (exact) mass is 496 g/mol. The lowest BCUT2D eigenvalue weighted by atomic mass is 9.96. The number of benzene rings is 2. The molecule has 3 heterocycles. The highest BCUT2D eigenvalue weighted by Gasteiger charge is 2.33. The molecule has 9 heteroatoms. The highest BCUT2D eigenvalue weighted by molar-refractivity contribution is 7.07. The average molecular weight is 497 g/mol. The molecule has 2 aromatic carbocycles. The van der Waals surface area contributed by atoms with Crippen LogP contribution in [0.1, 0.15) is 36.6 Å². The number of carbonyl (C=O) groups excluding carboxylic acids is 1. The zero-order valence-corrected chi connectivity index (χ0v) is 20.3. The second-order valence-electron chi connectivity index (χ2n) is 7.92. The molecule has 5 rings (SSSR count). The highest BCUT2D eigenvalue weighted by Crippen LogP contribution is 2.35. The maximum absolute atomic E-state index is 13.7. The van der Waals surface area contributed by atoms with E-state index in [1.165, 1.54) is 11.3 Å². The molecule has 0 bridgehead atoms. The van der Waals surface area contributed by atoms with Gasteiger partial charge in [-0.2, -0.15) is 0 Å². The van der Waals surface area contributed by atoms with Crippen LogP contribution in [0.15, 0.2) is 57.5 Å². The fourth-order valence-corrected chi connectivity index (χ4v) is 5.27. The molecule has 1 atom stereocenters. The number of carbonyl (C=O) groups is 1. The quantitative estimate of drug-likeness (QED) is 0.517. The molecule has 2 aliphatic rings. The van der Waals surface area contributed by atoms with Gasteiger partial charge in [0.2, 0.25) is 6.79 Å². The smallest absolute Gasteiger partial charge is 0.338 e. The van der Waals surface area contributed by atoms with Crippen molar-refractivity contribution in [3.63, 3.8) is 0 Å². The summed E-state index contributed by atoms with van der Waals surface area (Å²) in [6.45, 7) is 5.85. The Morgan fingerprint density at radius 1 is 1.24 bits per heavy atom. The lowest BCUT2D eigenvalue weighted by Crippen LogP contribution is -2.39. The molecule has 174 valence electrons. The number of rotatable bonds is 4. The summed E-state index contributed by atoms with van der Waals surface area (Å²) in [5, 5.41) is 0.563. The number of aromatic nitrogens is 1. The average Bonchev–Trinajstić information content (AvgIpc) is 3.37. The van der Waals surface area contributed by atoms with Crippen LogP contribution in [-0.4, -0.2) is 23.9 Å². The first-order valence-corrected chi connectivity index (χ1v) is 11.9. The van der Waals surface area contributed by atoms with E-state index in [2.05, 4.69) is 4.99 Å². The predicted octanol–water partition coefficient (Wildman–Crippen LogP) is 3.49. The summed E-state index contributed by atoms with van der Waals surface area (Å²) in [4.78, 5) is 31.7. The number of esters is 1. The van der Waals surface area contributed by atoms with Crippen LogP contribution in [0, 0.1) is 6.92 Å². The number of hydrogen-bond donors (Lipinski definition) is 0. The van der Waals surface area contributed by atoms with E-state index in [4.69, 9.17) is 25.8 Å². The van der Waals surface area contributed by atoms with Crippen molar-refractivity contribution in [1.29, 1.82) is 0 Å². The second kappa shape index (κ2) is 8.77. The predicted molar refractivity (Wildman–Crippen MR) is 129 cm³/mol. The first-order chi connectivity index (χ1) is 16.4. The van der Waals surface area contributed by atoms with Gasteiger partial charge in [0.1, 0.15) is 0 Å². The van der Waals surface area contributed by atoms with E-state index in [-0.39, 0.29) is 19.0 Å². The minimum atomic E-state index is -0.674. The lowest BCUT2D eigenvalue weighted by molar-refractivity contribution is -0.139. The van der Waals surface area contributed by atoms with E-state index in [1.807, 2.05) is 37.3 Å². The van der Waals surface area contributed by atoms with Crippen LogP contribution in [0.2, 0.25) is 5.02 Å². The number of fused-ring (bicyclic) bond motifs is 2. The molecule has 7 nitrogen and oxygen atoms in total. The van der Waals surface area contributed by atoms with E-state index in [0.717, 1.165) is 16.7 Å². The van der Waals surface area contributed by atoms with E-state index < -0.39 is 12.0 Å². The van der Waals surface area contributed by atoms with Crippen LogP contribution >= 0.6 is 22.9 Å². The molecule has 0 spiro atoms. The van der Waals surface area contributed by atoms with Crippen molar-refractivity contribution in [1.82, 2.24) is 4.57 Å². The van der Waals surface area contributed by atoms with Gasteiger partial charge in [-0.3, -0.25) is 9.36 Å². The van der Waals surface area contributed by atoms with Gasteiger partial charge in [-0.1, -0.05) is 35.1 Å². The minimum Gasteiger partial charge on any atom is -0.463 e. The summed E-state index contributed by atoms with van der Waals surface area (Å²) in [5.74, 6) is 0.835. The van der Waals surface area contributed by atoms with Gasteiger partial charge >= 0.3 is 5.97 Å². The Bertz CT molecular complexity index is 1520. The molecular weight excluding hydrogens is 476 g/mol. The fourth-order valence-electron chi connectivity index (χ4n) is 4.11. The van der Waals surface area contributed by atoms with Gasteiger partial charge in [-0.15, -0.1) is 0 Å². The molecule has 0 radical (unpaired) electrons. The minimum absolute atomic E-state index is 0.178. The van der Waals surface area contributed by atoms with Gasteiger partial charge in [0.25, 0.3) is 5.56 Å². The van der Waals surface area contributed by atoms with Crippen molar-refractivity contribution >= 4 is 35.0 Å². The second-order valence-corrected chi connectivity index (χ2v) is 9.36. The fraction of sp³-hybridized carbons (Fsp3) is 0.240. The lowest BCUT2D eigenvalue weighted by Gasteiger charge is -2.24. The first kappa shape index (κ1) is 22.4. The van der Waals surface area contributed by atoms with Gasteiger partial charge in [0.05, 0.1) is 28.5 Å². The summed E-state index contributed by atoms with van der Waals surface area (Å²) in [6, 6.07) is 10.2. The van der Waals surface area contributed by atoms with Crippen LogP contribution < -0.4 is 24.4 Å². The maximum Gasteiger partial charge on any atom is 0.338 e. The molecule has 2 aliphatic heterocycles. The number of hydrogen-bond acceptors (Lipinski definition) is 7. The molecule has 0 saturated heterocycles. The number of halogens is 1. The van der Waals surface area contributed by atoms with Gasteiger partial charge in [-0.25, -0.2) is 9.79 Å². The SMILES string of the molecule is CCOC(=O)C1=C(C)N=c2sc(=Cc3cc4c(cc3C)OCO4)c(=O)n2C1c1ccc(Cl)cc1. The van der Waals surface area contributed by atoms with Gasteiger partial charge in [-0.05, 0) is 67.8 Å². The molecule has 1 aromatic heterocycles. The van der Waals surface area contributed by atoms with E-state index in [0.29, 0.717) is 37.1 Å². The molecule has 1 unspecified atom stereocenters. The van der Waals surface area contributed by atoms with Crippen molar-refractivity contribution in [2.24, 2.45) is 4.99 Å². The third-order valence-corrected chi connectivity index (χ3v) is 6.99. The Labute approximate surface area is 204 Å². The maximum atomic E-state index is 13.7. The zero-order chi connectivity index (χ0) is 24.0. The Balaban J connectivity index is 1.71. The topological polar surface area (TPSA) is 79.1 Å². The Morgan fingerprint density at radius 3 is 2.65 bits per heavy atom. The molecule has 0 amide bonds. The summed E-state index contributed by atoms with van der Waals surface area (Å²) >= 11 is 7.37. The van der Waals surface area contributed by atoms with Gasteiger partial charge < -0.3 is 14.2 Å². The molecule has 34 heavy (non-hydrogen) atoms. The number of ether oxygens (including phenoxy) is 3. The Morgan fingerprint density at radius 2 is 1.94 bits per heavy atom. The summed E-state index contributed by atoms with van der Waals surface area (Å²) in [7, 11) is 0. The number of thiazole rings is 1. The molecule has 3 aromatic rings. The third-order valence-electron chi connectivity index (χ3n) is 5.75. The molecular formula is C25H21ClN2O5S. The summed E-state index contributed by atoms with van der Waals surface area (Å²) in [6.07, 6.45) is 1.82. The Kier molecular flexibility index (Phi) is 5.79. The van der Waals surface area contributed by atoms with Crippen LogP contribution in [0.3, 0.4) is 0 Å². The number of allylic oxidation sites excluding steroid dienone is 1. The zero-order valence-electron chi connectivity index (χ0n) is 18.8. The normalized spacial score (nSPS) is 16.9. The summed E-state index contributed by atoms with van der Waals surface area (Å²) in [5.41, 5.74) is 3.16. The molecule has 0 saturated carbocycles. The Hall–Kier alpha value is -3.36. The molecule has 0 aliphatic carbocycles. The van der Waals surface area contributed by atoms with Gasteiger partial charge in [0.15, 0.2) is 16.3 Å². The van der Waals surface area contributed by atoms with E-state index in [1.54, 1.807) is 30.5 Å². The van der Waals surface area contributed by atoms with E-state index >= 15 is 0 Å². The van der Waals surface area contributed by atoms with Crippen molar-refractivity contribution < 1.29 is 19.0 Å². The standard InChI is InChI=1S/C25H21ClN2O5S/c1-4-31-24(30)21-14(3)27-25-28(22(21)15-5-7-17(26)8-6-15)23(29)20(34-25)11-16-10-19-18(9-13(16)2)32-12-33-19/h5-11,22H,4,12H2,1-3H3. The largest absolute Gasteiger partial charge is 0.463 e. The number of nitrogens with zero attached hydrogens (tertiary/aromatic N) is 2. The van der Waals surface area contributed by atoms with Crippen molar-refractivity contribution in [3.8, 4) is 11.5 Å². The van der Waals surface area contributed by atoms with Crippen LogP contribution in [0.25, 0.3) is 6.08 Å². The van der Waals surface area contributed by atoms with Crippen LogP contribution in [-0.2, 0) is 9.53 Å². The van der Waals surface area contributed by atoms with Crippen molar-refractivity contribution in [2.75, 3.05) is 13.4 Å². The molecule has 0 fully saturated rings. The van der Waals surface area contributed by atoms with Crippen LogP contribution in [0.5, 0.6) is 11.5 Å². The molecule has 0 N–H and O–H groups in total. The highest BCUT2D eigenvalue weighted by atomic mass is 35.5. The number of aryl methyl sites for hydroxylation is 1.